The maximum absolute atomic E-state index is 13.0. The summed E-state index contributed by atoms with van der Waals surface area (Å²) < 4.78 is 40.1. The Bertz CT molecular complexity index is 659. The van der Waals surface area contributed by atoms with Gasteiger partial charge in [-0.3, -0.25) is 4.68 Å². The van der Waals surface area contributed by atoms with E-state index in [4.69, 9.17) is 5.11 Å². The molecule has 4 nitrogen and oxygen atoms in total. The predicted octanol–water partition coefficient (Wildman–Crippen LogP) is 3.60. The van der Waals surface area contributed by atoms with Gasteiger partial charge in [0.15, 0.2) is 5.69 Å². The van der Waals surface area contributed by atoms with Crippen molar-refractivity contribution in [3.8, 4) is 0 Å². The lowest BCUT2D eigenvalue weighted by molar-refractivity contribution is -0.142. The van der Waals surface area contributed by atoms with Crippen LogP contribution >= 0.6 is 11.3 Å². The van der Waals surface area contributed by atoms with E-state index in [0.29, 0.717) is 5.92 Å². The fraction of sp³-hybridized carbons (Fsp3) is 0.600. The molecule has 0 unspecified atom stereocenters. The molecule has 3 rings (SSSR count). The van der Waals surface area contributed by atoms with Gasteiger partial charge in [-0.1, -0.05) is 12.8 Å². The SMILES string of the molecule is OCCc1cn(Cc2csc(C3CCCC3)n2)nc1C(F)(F)F. The minimum Gasteiger partial charge on any atom is -0.396 e. The molecule has 2 heterocycles. The average molecular weight is 345 g/mol. The first-order chi connectivity index (χ1) is 11.0. The molecule has 0 aromatic carbocycles. The van der Waals surface area contributed by atoms with Crippen LogP contribution < -0.4 is 0 Å². The molecule has 8 heteroatoms. The van der Waals surface area contributed by atoms with Gasteiger partial charge in [0.2, 0.25) is 0 Å². The average Bonchev–Trinajstić information content (AvgIpc) is 3.18. The third-order valence-corrected chi connectivity index (χ3v) is 5.14. The Morgan fingerprint density at radius 1 is 1.30 bits per heavy atom. The van der Waals surface area contributed by atoms with Gasteiger partial charge in [0.05, 0.1) is 17.2 Å². The van der Waals surface area contributed by atoms with Crippen molar-refractivity contribution in [3.05, 3.63) is 33.5 Å². The Kier molecular flexibility index (Phi) is 4.72. The van der Waals surface area contributed by atoms with Crippen molar-refractivity contribution in [3.63, 3.8) is 0 Å². The third-order valence-electron chi connectivity index (χ3n) is 4.09. The molecule has 0 spiro atoms. The number of hydrogen-bond acceptors (Lipinski definition) is 4. The van der Waals surface area contributed by atoms with Crippen LogP contribution in [0.1, 0.15) is 53.6 Å². The quantitative estimate of drug-likeness (QED) is 0.901. The highest BCUT2D eigenvalue weighted by Crippen LogP contribution is 2.36. The summed E-state index contributed by atoms with van der Waals surface area (Å²) in [4.78, 5) is 4.56. The second-order valence-corrected chi connectivity index (χ2v) is 6.72. The number of hydrogen-bond donors (Lipinski definition) is 1. The van der Waals surface area contributed by atoms with Crippen molar-refractivity contribution in [2.24, 2.45) is 0 Å². The topological polar surface area (TPSA) is 50.9 Å². The summed E-state index contributed by atoms with van der Waals surface area (Å²) in [5.74, 6) is 0.502. The van der Waals surface area contributed by atoms with E-state index < -0.39 is 11.9 Å². The number of aromatic nitrogens is 3. The van der Waals surface area contributed by atoms with Crippen LogP contribution in [0.5, 0.6) is 0 Å². The van der Waals surface area contributed by atoms with Crippen molar-refractivity contribution in [2.75, 3.05) is 6.61 Å². The molecule has 0 aliphatic heterocycles. The van der Waals surface area contributed by atoms with E-state index in [0.717, 1.165) is 23.5 Å². The van der Waals surface area contributed by atoms with Crippen molar-refractivity contribution in [2.45, 2.75) is 50.7 Å². The largest absolute Gasteiger partial charge is 0.435 e. The van der Waals surface area contributed by atoms with Crippen LogP contribution in [0, 0.1) is 0 Å². The third kappa shape index (κ3) is 3.74. The van der Waals surface area contributed by atoms with Gasteiger partial charge in [0.25, 0.3) is 0 Å². The lowest BCUT2D eigenvalue weighted by Crippen LogP contribution is -2.11. The van der Waals surface area contributed by atoms with Crippen LogP contribution in [0.25, 0.3) is 0 Å². The van der Waals surface area contributed by atoms with E-state index in [1.165, 1.54) is 23.7 Å². The maximum Gasteiger partial charge on any atom is 0.435 e. The van der Waals surface area contributed by atoms with Gasteiger partial charge in [-0.15, -0.1) is 11.3 Å². The van der Waals surface area contributed by atoms with Crippen LogP contribution in [-0.4, -0.2) is 26.5 Å². The molecule has 23 heavy (non-hydrogen) atoms. The number of aliphatic hydroxyl groups excluding tert-OH is 1. The molecule has 1 aliphatic rings. The molecule has 2 aromatic rings. The van der Waals surface area contributed by atoms with Crippen LogP contribution in [0.3, 0.4) is 0 Å². The molecule has 1 N–H and O–H groups in total. The monoisotopic (exact) mass is 345 g/mol. The van der Waals surface area contributed by atoms with E-state index in [2.05, 4.69) is 10.1 Å². The van der Waals surface area contributed by atoms with Gasteiger partial charge in [0, 0.05) is 29.7 Å². The highest BCUT2D eigenvalue weighted by Gasteiger charge is 2.36. The molecular weight excluding hydrogens is 327 g/mol. The lowest BCUT2D eigenvalue weighted by Gasteiger charge is -2.04. The summed E-state index contributed by atoms with van der Waals surface area (Å²) in [6, 6.07) is 0. The first-order valence-electron chi connectivity index (χ1n) is 7.66. The normalized spacial score (nSPS) is 16.3. The molecule has 0 radical (unpaired) electrons. The second kappa shape index (κ2) is 6.60. The zero-order chi connectivity index (χ0) is 16.4. The van der Waals surface area contributed by atoms with Crippen LogP contribution in [0.4, 0.5) is 13.2 Å². The molecule has 126 valence electrons. The molecular formula is C15H18F3N3OS. The number of aliphatic hydroxyl groups is 1. The maximum atomic E-state index is 13.0. The second-order valence-electron chi connectivity index (χ2n) is 5.83. The molecule has 0 atom stereocenters. The summed E-state index contributed by atoms with van der Waals surface area (Å²) in [7, 11) is 0. The van der Waals surface area contributed by atoms with Gasteiger partial charge in [-0.05, 0) is 19.3 Å². The zero-order valence-corrected chi connectivity index (χ0v) is 13.3. The van der Waals surface area contributed by atoms with Crippen LogP contribution in [-0.2, 0) is 19.1 Å². The Morgan fingerprint density at radius 3 is 2.70 bits per heavy atom. The first kappa shape index (κ1) is 16.4. The molecule has 0 bridgehead atoms. The van der Waals surface area contributed by atoms with Gasteiger partial charge < -0.3 is 5.11 Å². The van der Waals surface area contributed by atoms with E-state index in [1.54, 1.807) is 11.3 Å². The lowest BCUT2D eigenvalue weighted by atomic mass is 10.1. The number of thiazole rings is 1. The van der Waals surface area contributed by atoms with Crippen LogP contribution in [0.2, 0.25) is 0 Å². The zero-order valence-electron chi connectivity index (χ0n) is 12.5. The van der Waals surface area contributed by atoms with E-state index in [-0.39, 0.29) is 25.1 Å². The Hall–Kier alpha value is -1.41. The molecule has 2 aromatic heterocycles. The smallest absolute Gasteiger partial charge is 0.396 e. The van der Waals surface area contributed by atoms with Gasteiger partial charge >= 0.3 is 6.18 Å². The van der Waals surface area contributed by atoms with Gasteiger partial charge in [-0.25, -0.2) is 4.98 Å². The Labute approximate surface area is 136 Å². The van der Waals surface area contributed by atoms with Crippen molar-refractivity contribution >= 4 is 11.3 Å². The molecule has 1 saturated carbocycles. The minimum atomic E-state index is -4.51. The standard InChI is InChI=1S/C15H18F3N3OS/c16-15(17,18)13-11(5-6-22)7-21(20-13)8-12-9-23-14(19-12)10-3-1-2-4-10/h7,9-10,22H,1-6,8H2. The summed E-state index contributed by atoms with van der Waals surface area (Å²) in [6.07, 6.45) is 1.53. The van der Waals surface area contributed by atoms with Crippen molar-refractivity contribution in [1.29, 1.82) is 0 Å². The van der Waals surface area contributed by atoms with E-state index >= 15 is 0 Å². The van der Waals surface area contributed by atoms with E-state index in [1.807, 2.05) is 5.38 Å². The first-order valence-corrected chi connectivity index (χ1v) is 8.54. The highest BCUT2D eigenvalue weighted by atomic mass is 32.1. The van der Waals surface area contributed by atoms with Gasteiger partial charge in [-0.2, -0.15) is 18.3 Å². The summed E-state index contributed by atoms with van der Waals surface area (Å²) in [5.41, 5.74) is -0.160. The number of nitrogens with zero attached hydrogens (tertiary/aromatic N) is 3. The molecule has 1 aliphatic carbocycles. The van der Waals surface area contributed by atoms with Crippen molar-refractivity contribution < 1.29 is 18.3 Å². The number of alkyl halides is 3. The minimum absolute atomic E-state index is 0.0197. The summed E-state index contributed by atoms with van der Waals surface area (Å²) in [5, 5.41) is 15.5. The van der Waals surface area contributed by atoms with E-state index in [9.17, 15) is 13.2 Å². The predicted molar refractivity (Wildman–Crippen MR) is 80.4 cm³/mol. The van der Waals surface area contributed by atoms with Crippen molar-refractivity contribution in [1.82, 2.24) is 14.8 Å². The molecule has 0 amide bonds. The fourth-order valence-electron chi connectivity index (χ4n) is 3.01. The number of halogens is 3. The molecule has 0 saturated heterocycles. The number of rotatable bonds is 5. The fourth-order valence-corrected chi connectivity index (χ4v) is 3.99. The Morgan fingerprint density at radius 2 is 2.04 bits per heavy atom. The highest BCUT2D eigenvalue weighted by molar-refractivity contribution is 7.09. The molecule has 1 fully saturated rings. The summed E-state index contributed by atoms with van der Waals surface area (Å²) in [6.45, 7) is -0.116. The summed E-state index contributed by atoms with van der Waals surface area (Å²) >= 11 is 1.58. The Balaban J connectivity index is 1.77. The van der Waals surface area contributed by atoms with Crippen LogP contribution in [0.15, 0.2) is 11.6 Å². The van der Waals surface area contributed by atoms with Gasteiger partial charge in [0.1, 0.15) is 0 Å².